The summed E-state index contributed by atoms with van der Waals surface area (Å²) in [6.07, 6.45) is 12.1. The number of piperidine rings is 2. The molecule has 3 fully saturated rings. The normalized spacial score (nSPS) is 31.4. The third-order valence-corrected chi connectivity index (χ3v) is 5.74. The summed E-state index contributed by atoms with van der Waals surface area (Å²) in [6, 6.07) is 5.43. The molecule has 3 saturated heterocycles. The lowest BCUT2D eigenvalue weighted by atomic mass is 9.86. The maximum absolute atomic E-state index is 12.9. The minimum Gasteiger partial charge on any atom is -0.325 e. The molecule has 2 amide bonds. The first kappa shape index (κ1) is 14.0. The number of carbonyl (C=O) groups is 1. The van der Waals surface area contributed by atoms with Crippen LogP contribution in [0.3, 0.4) is 0 Å². The van der Waals surface area contributed by atoms with Crippen LogP contribution in [0.1, 0.15) is 56.4 Å². The van der Waals surface area contributed by atoms with Crippen LogP contribution >= 0.6 is 0 Å². The van der Waals surface area contributed by atoms with E-state index >= 15 is 0 Å². The predicted octanol–water partition coefficient (Wildman–Crippen LogP) is 3.40. The molecule has 3 aliphatic heterocycles. The van der Waals surface area contributed by atoms with Crippen molar-refractivity contribution in [3.05, 3.63) is 30.1 Å². The van der Waals surface area contributed by atoms with Gasteiger partial charge in [0.25, 0.3) is 0 Å². The van der Waals surface area contributed by atoms with Crippen LogP contribution in [-0.2, 0) is 0 Å². The van der Waals surface area contributed by atoms with Crippen molar-refractivity contribution in [1.82, 2.24) is 14.8 Å². The molecule has 22 heavy (non-hydrogen) atoms. The van der Waals surface area contributed by atoms with E-state index in [4.69, 9.17) is 0 Å². The Morgan fingerprint density at radius 2 is 1.82 bits per heavy atom. The number of aromatic nitrogens is 1. The highest BCUT2D eigenvalue weighted by Crippen LogP contribution is 2.43. The van der Waals surface area contributed by atoms with Gasteiger partial charge in [0, 0.05) is 37.6 Å². The van der Waals surface area contributed by atoms with E-state index in [2.05, 4.69) is 20.9 Å². The van der Waals surface area contributed by atoms with Gasteiger partial charge in [0.2, 0.25) is 0 Å². The molecule has 2 atom stereocenters. The summed E-state index contributed by atoms with van der Waals surface area (Å²) in [6.45, 7) is 1.92. The first-order valence-corrected chi connectivity index (χ1v) is 8.80. The van der Waals surface area contributed by atoms with Gasteiger partial charge in [-0.2, -0.15) is 0 Å². The lowest BCUT2D eigenvalue weighted by molar-refractivity contribution is 0.0990. The summed E-state index contributed by atoms with van der Waals surface area (Å²) in [7, 11) is 0. The molecule has 2 unspecified atom stereocenters. The zero-order valence-corrected chi connectivity index (χ0v) is 13.2. The molecule has 4 heterocycles. The van der Waals surface area contributed by atoms with Crippen LogP contribution < -0.4 is 0 Å². The average molecular weight is 299 g/mol. The van der Waals surface area contributed by atoms with E-state index in [9.17, 15) is 4.79 Å². The van der Waals surface area contributed by atoms with Crippen LogP contribution in [0, 0.1) is 0 Å². The Morgan fingerprint density at radius 1 is 1.09 bits per heavy atom. The molecule has 118 valence electrons. The Balaban J connectivity index is 1.48. The van der Waals surface area contributed by atoms with Crippen molar-refractivity contribution in [2.75, 3.05) is 13.1 Å². The van der Waals surface area contributed by atoms with Crippen LogP contribution in [0.5, 0.6) is 0 Å². The zero-order valence-electron chi connectivity index (χ0n) is 13.2. The SMILES string of the molecule is O=C(N1CCCCC1)N1C2CCC1CC(c1cccnc1)C2. The molecular weight excluding hydrogens is 274 g/mol. The quantitative estimate of drug-likeness (QED) is 0.797. The zero-order chi connectivity index (χ0) is 14.9. The molecule has 0 aliphatic carbocycles. The van der Waals surface area contributed by atoms with E-state index in [1.807, 2.05) is 18.5 Å². The summed E-state index contributed by atoms with van der Waals surface area (Å²) in [5.41, 5.74) is 1.35. The fourth-order valence-corrected chi connectivity index (χ4v) is 4.63. The van der Waals surface area contributed by atoms with Crippen LogP contribution in [0.4, 0.5) is 4.79 Å². The average Bonchev–Trinajstić information content (AvgIpc) is 2.85. The van der Waals surface area contributed by atoms with Crippen LogP contribution in [-0.4, -0.2) is 46.0 Å². The standard InChI is InChI=1S/C18H25N3O/c22-18(20-9-2-1-3-10-20)21-16-6-7-17(21)12-15(11-16)14-5-4-8-19-13-14/h4-5,8,13,15-17H,1-3,6-7,9-12H2. The number of likely N-dealkylation sites (tertiary alicyclic amines) is 1. The second kappa shape index (κ2) is 5.90. The van der Waals surface area contributed by atoms with Gasteiger partial charge in [-0.15, -0.1) is 0 Å². The van der Waals surface area contributed by atoms with Crippen LogP contribution in [0.2, 0.25) is 0 Å². The second-order valence-electron chi connectivity index (χ2n) is 7.08. The molecule has 3 aliphatic rings. The number of amides is 2. The largest absolute Gasteiger partial charge is 0.325 e. The first-order chi connectivity index (χ1) is 10.8. The van der Waals surface area contributed by atoms with Gasteiger partial charge in [-0.25, -0.2) is 4.79 Å². The smallest absolute Gasteiger partial charge is 0.320 e. The molecule has 4 heteroatoms. The van der Waals surface area contributed by atoms with Crippen molar-refractivity contribution in [3.8, 4) is 0 Å². The van der Waals surface area contributed by atoms with E-state index in [0.717, 1.165) is 25.9 Å². The Hall–Kier alpha value is -1.58. The summed E-state index contributed by atoms with van der Waals surface area (Å²) in [4.78, 5) is 21.5. The molecule has 2 bridgehead atoms. The Labute approximate surface area is 132 Å². The highest BCUT2D eigenvalue weighted by molar-refractivity contribution is 5.76. The molecule has 4 nitrogen and oxygen atoms in total. The van der Waals surface area contributed by atoms with Crippen molar-refractivity contribution in [2.24, 2.45) is 0 Å². The van der Waals surface area contributed by atoms with E-state index in [1.165, 1.54) is 37.7 Å². The Morgan fingerprint density at radius 3 is 2.45 bits per heavy atom. The van der Waals surface area contributed by atoms with Crippen molar-refractivity contribution < 1.29 is 4.79 Å². The van der Waals surface area contributed by atoms with Gasteiger partial charge < -0.3 is 9.80 Å². The van der Waals surface area contributed by atoms with Gasteiger partial charge in [0.1, 0.15) is 0 Å². The van der Waals surface area contributed by atoms with Crippen molar-refractivity contribution in [2.45, 2.75) is 62.9 Å². The first-order valence-electron chi connectivity index (χ1n) is 8.80. The maximum atomic E-state index is 12.9. The number of rotatable bonds is 1. The molecule has 0 spiro atoms. The monoisotopic (exact) mass is 299 g/mol. The van der Waals surface area contributed by atoms with Gasteiger partial charge in [-0.05, 0) is 62.5 Å². The Kier molecular flexibility index (Phi) is 3.77. The highest BCUT2D eigenvalue weighted by atomic mass is 16.2. The molecule has 0 saturated carbocycles. The molecule has 0 radical (unpaired) electrons. The van der Waals surface area contributed by atoms with Crippen LogP contribution in [0.25, 0.3) is 0 Å². The summed E-state index contributed by atoms with van der Waals surface area (Å²) >= 11 is 0. The van der Waals surface area contributed by atoms with E-state index in [0.29, 0.717) is 24.0 Å². The number of pyridine rings is 1. The van der Waals surface area contributed by atoms with Crippen molar-refractivity contribution >= 4 is 6.03 Å². The van der Waals surface area contributed by atoms with Gasteiger partial charge in [0.05, 0.1) is 0 Å². The summed E-state index contributed by atoms with van der Waals surface area (Å²) in [5.74, 6) is 0.580. The number of fused-ring (bicyclic) bond motifs is 2. The molecule has 0 N–H and O–H groups in total. The number of carbonyl (C=O) groups excluding carboxylic acids is 1. The minimum absolute atomic E-state index is 0.317. The van der Waals surface area contributed by atoms with E-state index in [-0.39, 0.29) is 0 Å². The minimum atomic E-state index is 0.317. The summed E-state index contributed by atoms with van der Waals surface area (Å²) in [5, 5.41) is 0. The van der Waals surface area contributed by atoms with E-state index in [1.54, 1.807) is 0 Å². The Bertz CT molecular complexity index is 512. The van der Waals surface area contributed by atoms with Gasteiger partial charge >= 0.3 is 6.03 Å². The molecule has 0 aromatic carbocycles. The number of hydrogen-bond acceptors (Lipinski definition) is 2. The third-order valence-electron chi connectivity index (χ3n) is 5.74. The number of urea groups is 1. The molecular formula is C18H25N3O. The lowest BCUT2D eigenvalue weighted by Gasteiger charge is -2.42. The maximum Gasteiger partial charge on any atom is 0.320 e. The fourth-order valence-electron chi connectivity index (χ4n) is 4.63. The third kappa shape index (κ3) is 2.49. The highest BCUT2D eigenvalue weighted by Gasteiger charge is 2.44. The van der Waals surface area contributed by atoms with Crippen LogP contribution in [0.15, 0.2) is 24.5 Å². The van der Waals surface area contributed by atoms with Gasteiger partial charge in [0.15, 0.2) is 0 Å². The van der Waals surface area contributed by atoms with Crippen molar-refractivity contribution in [1.29, 1.82) is 0 Å². The van der Waals surface area contributed by atoms with Gasteiger partial charge in [-0.3, -0.25) is 4.98 Å². The van der Waals surface area contributed by atoms with Crippen molar-refractivity contribution in [3.63, 3.8) is 0 Å². The van der Waals surface area contributed by atoms with E-state index < -0.39 is 0 Å². The second-order valence-corrected chi connectivity index (χ2v) is 7.08. The molecule has 1 aromatic rings. The fraction of sp³-hybridized carbons (Fsp3) is 0.667. The number of nitrogens with zero attached hydrogens (tertiary/aromatic N) is 3. The topological polar surface area (TPSA) is 36.4 Å². The molecule has 1 aromatic heterocycles. The summed E-state index contributed by atoms with van der Waals surface area (Å²) < 4.78 is 0. The number of hydrogen-bond donors (Lipinski definition) is 0. The lowest BCUT2D eigenvalue weighted by Crippen LogP contribution is -2.53. The van der Waals surface area contributed by atoms with Gasteiger partial charge in [-0.1, -0.05) is 6.07 Å². The predicted molar refractivity (Wildman–Crippen MR) is 85.7 cm³/mol. The molecule has 4 rings (SSSR count).